The van der Waals surface area contributed by atoms with E-state index in [-0.39, 0.29) is 12.1 Å². The van der Waals surface area contributed by atoms with Crippen molar-refractivity contribution in [2.45, 2.75) is 26.4 Å². The highest BCUT2D eigenvalue weighted by Gasteiger charge is 2.21. The van der Waals surface area contributed by atoms with Crippen LogP contribution in [-0.4, -0.2) is 24.3 Å². The molecule has 2 aromatic rings. The summed E-state index contributed by atoms with van der Waals surface area (Å²) in [5.74, 6) is 0.590. The van der Waals surface area contributed by atoms with E-state index in [0.717, 1.165) is 12.0 Å². The van der Waals surface area contributed by atoms with Crippen molar-refractivity contribution in [3.63, 3.8) is 0 Å². The van der Waals surface area contributed by atoms with Gasteiger partial charge in [0, 0.05) is 6.54 Å². The molecule has 2 heterocycles. The van der Waals surface area contributed by atoms with E-state index >= 15 is 0 Å². The van der Waals surface area contributed by atoms with Gasteiger partial charge in [-0.2, -0.15) is 0 Å². The normalized spacial score (nSPS) is 16.9. The third-order valence-corrected chi connectivity index (χ3v) is 3.81. The molecule has 0 aliphatic carbocycles. The molecule has 3 rings (SSSR count). The van der Waals surface area contributed by atoms with Crippen LogP contribution in [0.15, 0.2) is 28.8 Å². The average Bonchev–Trinajstić information content (AvgIpc) is 2.85. The van der Waals surface area contributed by atoms with Gasteiger partial charge < -0.3 is 19.9 Å². The number of nitrogens with one attached hydrogen (secondary N) is 2. The number of carbonyl (C=O) groups is 1. The van der Waals surface area contributed by atoms with Crippen LogP contribution in [0.5, 0.6) is 0 Å². The van der Waals surface area contributed by atoms with Gasteiger partial charge in [0.15, 0.2) is 5.76 Å². The molecule has 1 aliphatic heterocycles. The number of benzene rings is 1. The average molecular weight is 301 g/mol. The second-order valence-corrected chi connectivity index (χ2v) is 5.34. The number of hydrogen-bond acceptors (Lipinski definition) is 4. The van der Waals surface area contributed by atoms with E-state index in [1.54, 1.807) is 13.8 Å². The Morgan fingerprint density at radius 3 is 2.95 bits per heavy atom. The van der Waals surface area contributed by atoms with Crippen LogP contribution >= 0.6 is 0 Å². The lowest BCUT2D eigenvalue weighted by Gasteiger charge is -2.26. The van der Waals surface area contributed by atoms with Crippen molar-refractivity contribution in [3.8, 4) is 0 Å². The first kappa shape index (κ1) is 14.6. The van der Waals surface area contributed by atoms with Crippen LogP contribution in [0.1, 0.15) is 28.7 Å². The quantitative estimate of drug-likeness (QED) is 0.914. The van der Waals surface area contributed by atoms with Crippen molar-refractivity contribution in [1.82, 2.24) is 10.5 Å². The third-order valence-electron chi connectivity index (χ3n) is 3.81. The maximum Gasteiger partial charge on any atom is 0.319 e. The van der Waals surface area contributed by atoms with Gasteiger partial charge in [-0.05, 0) is 31.4 Å². The SMILES string of the molecule is Cc1noc(C)c1NC(=O)NC[C@@H]1OCCc2ccccc21. The lowest BCUT2D eigenvalue weighted by Crippen LogP contribution is -2.34. The summed E-state index contributed by atoms with van der Waals surface area (Å²) >= 11 is 0. The smallest absolute Gasteiger partial charge is 0.319 e. The highest BCUT2D eigenvalue weighted by atomic mass is 16.5. The Morgan fingerprint density at radius 1 is 1.36 bits per heavy atom. The van der Waals surface area contributed by atoms with Gasteiger partial charge in [0.05, 0.1) is 6.61 Å². The van der Waals surface area contributed by atoms with Gasteiger partial charge >= 0.3 is 6.03 Å². The Balaban J connectivity index is 1.60. The van der Waals surface area contributed by atoms with Crippen LogP contribution in [0.4, 0.5) is 10.5 Å². The minimum absolute atomic E-state index is 0.111. The van der Waals surface area contributed by atoms with Crippen LogP contribution in [0.2, 0.25) is 0 Å². The molecule has 22 heavy (non-hydrogen) atoms. The molecule has 1 aromatic carbocycles. The van der Waals surface area contributed by atoms with Crippen molar-refractivity contribution in [1.29, 1.82) is 0 Å². The van der Waals surface area contributed by atoms with Gasteiger partial charge in [-0.3, -0.25) is 0 Å². The number of rotatable bonds is 3. The molecule has 2 N–H and O–H groups in total. The fourth-order valence-corrected chi connectivity index (χ4v) is 2.65. The number of urea groups is 1. The van der Waals surface area contributed by atoms with E-state index < -0.39 is 0 Å². The lowest BCUT2D eigenvalue weighted by atomic mass is 9.98. The van der Waals surface area contributed by atoms with Crippen LogP contribution in [0.3, 0.4) is 0 Å². The fourth-order valence-electron chi connectivity index (χ4n) is 2.65. The monoisotopic (exact) mass is 301 g/mol. The van der Waals surface area contributed by atoms with Crippen LogP contribution in [0.25, 0.3) is 0 Å². The number of anilines is 1. The summed E-state index contributed by atoms with van der Waals surface area (Å²) in [4.78, 5) is 12.0. The predicted octanol–water partition coefficient (Wildman–Crippen LogP) is 2.73. The predicted molar refractivity (Wildman–Crippen MR) is 81.8 cm³/mol. The summed E-state index contributed by atoms with van der Waals surface area (Å²) in [7, 11) is 0. The first-order valence-corrected chi connectivity index (χ1v) is 7.32. The Hall–Kier alpha value is -2.34. The molecule has 2 amide bonds. The second kappa shape index (κ2) is 6.19. The fraction of sp³-hybridized carbons (Fsp3) is 0.375. The number of nitrogens with zero attached hydrogens (tertiary/aromatic N) is 1. The largest absolute Gasteiger partial charge is 0.371 e. The summed E-state index contributed by atoms with van der Waals surface area (Å²) < 4.78 is 10.8. The maximum atomic E-state index is 12.0. The van der Waals surface area contributed by atoms with Crippen molar-refractivity contribution in [2.24, 2.45) is 0 Å². The van der Waals surface area contributed by atoms with Crippen molar-refractivity contribution < 1.29 is 14.1 Å². The Labute approximate surface area is 128 Å². The molecule has 0 unspecified atom stereocenters. The summed E-state index contributed by atoms with van der Waals surface area (Å²) in [5, 5.41) is 9.41. The molecule has 0 spiro atoms. The molecule has 0 radical (unpaired) electrons. The highest BCUT2D eigenvalue weighted by Crippen LogP contribution is 2.26. The molecule has 0 saturated heterocycles. The summed E-state index contributed by atoms with van der Waals surface area (Å²) in [6.45, 7) is 4.64. The number of hydrogen-bond donors (Lipinski definition) is 2. The van der Waals surface area contributed by atoms with Crippen LogP contribution in [0, 0.1) is 13.8 Å². The molecular formula is C16H19N3O3. The lowest BCUT2D eigenvalue weighted by molar-refractivity contribution is 0.0444. The van der Waals surface area contributed by atoms with Crippen molar-refractivity contribution in [3.05, 3.63) is 46.8 Å². The van der Waals surface area contributed by atoms with Gasteiger partial charge in [-0.25, -0.2) is 4.79 Å². The topological polar surface area (TPSA) is 76.4 Å². The van der Waals surface area contributed by atoms with E-state index in [4.69, 9.17) is 9.26 Å². The molecule has 6 nitrogen and oxygen atoms in total. The number of fused-ring (bicyclic) bond motifs is 1. The van der Waals surface area contributed by atoms with E-state index in [1.807, 2.05) is 18.2 Å². The van der Waals surface area contributed by atoms with Gasteiger partial charge in [0.1, 0.15) is 17.5 Å². The summed E-state index contributed by atoms with van der Waals surface area (Å²) in [6, 6.07) is 7.88. The van der Waals surface area contributed by atoms with E-state index in [1.165, 1.54) is 5.56 Å². The second-order valence-electron chi connectivity index (χ2n) is 5.34. The zero-order chi connectivity index (χ0) is 15.5. The Kier molecular flexibility index (Phi) is 4.11. The van der Waals surface area contributed by atoms with Crippen molar-refractivity contribution >= 4 is 11.7 Å². The molecule has 1 aliphatic rings. The number of amides is 2. The van der Waals surface area contributed by atoms with Gasteiger partial charge in [-0.15, -0.1) is 0 Å². The minimum Gasteiger partial charge on any atom is -0.371 e. The minimum atomic E-state index is -0.291. The number of ether oxygens (including phenoxy) is 1. The number of aryl methyl sites for hydroxylation is 2. The number of carbonyl (C=O) groups excluding carboxylic acids is 1. The van der Waals surface area contributed by atoms with Crippen LogP contribution < -0.4 is 10.6 Å². The van der Waals surface area contributed by atoms with E-state index in [2.05, 4.69) is 21.9 Å². The zero-order valence-corrected chi connectivity index (χ0v) is 12.7. The summed E-state index contributed by atoms with van der Waals surface area (Å²) in [6.07, 6.45) is 0.804. The first-order valence-electron chi connectivity index (χ1n) is 7.32. The number of aromatic nitrogens is 1. The molecule has 1 aromatic heterocycles. The molecule has 116 valence electrons. The third kappa shape index (κ3) is 2.96. The highest BCUT2D eigenvalue weighted by molar-refractivity contribution is 5.90. The van der Waals surface area contributed by atoms with Gasteiger partial charge in [0.25, 0.3) is 0 Å². The standard InChI is InChI=1S/C16H19N3O3/c1-10-15(11(2)22-19-10)18-16(20)17-9-14-13-6-4-3-5-12(13)7-8-21-14/h3-6,14H,7-9H2,1-2H3,(H2,17,18,20)/t14-/m0/s1. The zero-order valence-electron chi connectivity index (χ0n) is 12.7. The first-order chi connectivity index (χ1) is 10.6. The van der Waals surface area contributed by atoms with E-state index in [0.29, 0.717) is 30.3 Å². The molecular weight excluding hydrogens is 282 g/mol. The van der Waals surface area contributed by atoms with Crippen molar-refractivity contribution in [2.75, 3.05) is 18.5 Å². The molecule has 1 atom stereocenters. The maximum absolute atomic E-state index is 12.0. The molecule has 0 fully saturated rings. The van der Waals surface area contributed by atoms with E-state index in [9.17, 15) is 4.79 Å². The summed E-state index contributed by atoms with van der Waals surface area (Å²) in [5.41, 5.74) is 3.70. The van der Waals surface area contributed by atoms with Gasteiger partial charge in [-0.1, -0.05) is 29.4 Å². The molecule has 0 saturated carbocycles. The molecule has 0 bridgehead atoms. The Morgan fingerprint density at radius 2 is 2.18 bits per heavy atom. The Bertz CT molecular complexity index is 662. The molecule has 6 heteroatoms. The van der Waals surface area contributed by atoms with Gasteiger partial charge in [0.2, 0.25) is 0 Å². The van der Waals surface area contributed by atoms with Crippen LogP contribution in [-0.2, 0) is 11.2 Å².